The van der Waals surface area contributed by atoms with E-state index in [-0.39, 0.29) is 26.8 Å². The molecular formula is C10H5Cl2F2NO. The Hall–Kier alpha value is -1.13. The lowest BCUT2D eigenvalue weighted by Gasteiger charge is -2.08. The third-order valence-electron chi connectivity index (χ3n) is 2.07. The number of rotatable bonds is 1. The summed E-state index contributed by atoms with van der Waals surface area (Å²) in [6.07, 6.45) is 0. The zero-order chi connectivity index (χ0) is 11.9. The van der Waals surface area contributed by atoms with Gasteiger partial charge in [-0.15, -0.1) is 0 Å². The van der Waals surface area contributed by atoms with Crippen LogP contribution in [0.2, 0.25) is 10.2 Å². The second-order valence-electron chi connectivity index (χ2n) is 3.03. The quantitative estimate of drug-likeness (QED) is 0.730. The average molecular weight is 264 g/mol. The van der Waals surface area contributed by atoms with Crippen molar-refractivity contribution in [1.29, 1.82) is 0 Å². The first-order valence-corrected chi connectivity index (χ1v) is 4.98. The van der Waals surface area contributed by atoms with Gasteiger partial charge in [-0.1, -0.05) is 23.2 Å². The van der Waals surface area contributed by atoms with Crippen LogP contribution in [0, 0.1) is 11.6 Å². The second-order valence-corrected chi connectivity index (χ2v) is 3.82. The monoisotopic (exact) mass is 263 g/mol. The van der Waals surface area contributed by atoms with Crippen LogP contribution in [-0.2, 0) is 0 Å². The van der Waals surface area contributed by atoms with Crippen molar-refractivity contribution in [1.82, 2.24) is 4.98 Å². The van der Waals surface area contributed by atoms with Gasteiger partial charge in [0.25, 0.3) is 0 Å². The molecule has 6 heteroatoms. The molecule has 2 rings (SSSR count). The van der Waals surface area contributed by atoms with Gasteiger partial charge in [0.2, 0.25) is 5.82 Å². The number of aromatic nitrogens is 1. The molecule has 2 aromatic rings. The highest BCUT2D eigenvalue weighted by Crippen LogP contribution is 2.35. The number of halogens is 4. The highest BCUT2D eigenvalue weighted by Gasteiger charge is 2.17. The number of benzene rings is 1. The molecular weight excluding hydrogens is 259 g/mol. The SMILES string of the molecule is COc1c(F)c(F)cc2nc(Cl)cc(Cl)c12. The van der Waals surface area contributed by atoms with Crippen LogP contribution in [0.25, 0.3) is 10.9 Å². The molecule has 0 spiro atoms. The molecule has 0 saturated carbocycles. The van der Waals surface area contributed by atoms with E-state index in [0.717, 1.165) is 6.07 Å². The molecule has 1 aromatic heterocycles. The minimum Gasteiger partial charge on any atom is -0.493 e. The third kappa shape index (κ3) is 1.68. The van der Waals surface area contributed by atoms with Gasteiger partial charge in [0.1, 0.15) is 5.15 Å². The predicted octanol–water partition coefficient (Wildman–Crippen LogP) is 3.83. The predicted molar refractivity (Wildman–Crippen MR) is 58.2 cm³/mol. The maximum absolute atomic E-state index is 13.4. The fraction of sp³-hybridized carbons (Fsp3) is 0.100. The summed E-state index contributed by atoms with van der Waals surface area (Å²) in [5.41, 5.74) is 0.147. The summed E-state index contributed by atoms with van der Waals surface area (Å²) >= 11 is 11.5. The van der Waals surface area contributed by atoms with E-state index in [2.05, 4.69) is 4.98 Å². The maximum atomic E-state index is 13.4. The van der Waals surface area contributed by atoms with E-state index >= 15 is 0 Å². The van der Waals surface area contributed by atoms with Crippen LogP contribution in [-0.4, -0.2) is 12.1 Å². The number of hydrogen-bond donors (Lipinski definition) is 0. The van der Waals surface area contributed by atoms with Gasteiger partial charge in [0.05, 0.1) is 23.0 Å². The standard InChI is InChI=1S/C10H5Cl2F2NO/c1-16-10-8-4(11)2-7(12)15-6(8)3-5(13)9(10)14/h2-3H,1H3. The molecule has 1 heterocycles. The number of pyridine rings is 1. The lowest BCUT2D eigenvalue weighted by atomic mass is 10.2. The summed E-state index contributed by atoms with van der Waals surface area (Å²) in [6.45, 7) is 0. The summed E-state index contributed by atoms with van der Waals surface area (Å²) in [5.74, 6) is -2.43. The number of ether oxygens (including phenoxy) is 1. The Balaban J connectivity index is 2.96. The molecule has 0 aliphatic heterocycles. The normalized spacial score (nSPS) is 10.8. The van der Waals surface area contributed by atoms with Gasteiger partial charge in [-0.25, -0.2) is 9.37 Å². The van der Waals surface area contributed by atoms with Crippen molar-refractivity contribution < 1.29 is 13.5 Å². The molecule has 0 unspecified atom stereocenters. The van der Waals surface area contributed by atoms with Crippen molar-refractivity contribution in [3.05, 3.63) is 33.9 Å². The largest absolute Gasteiger partial charge is 0.493 e. The third-order valence-corrected chi connectivity index (χ3v) is 2.56. The van der Waals surface area contributed by atoms with Crippen LogP contribution in [0.3, 0.4) is 0 Å². The van der Waals surface area contributed by atoms with Crippen LogP contribution in [0.5, 0.6) is 5.75 Å². The fourth-order valence-corrected chi connectivity index (χ4v) is 1.97. The summed E-state index contributed by atoms with van der Waals surface area (Å²) in [5, 5.41) is 0.462. The Bertz CT molecular complexity index is 574. The van der Waals surface area contributed by atoms with Gasteiger partial charge < -0.3 is 4.74 Å². The minimum atomic E-state index is -1.10. The lowest BCUT2D eigenvalue weighted by molar-refractivity contribution is 0.377. The Labute approximate surface area is 99.7 Å². The van der Waals surface area contributed by atoms with Crippen LogP contribution in [0.1, 0.15) is 0 Å². The van der Waals surface area contributed by atoms with Crippen molar-refractivity contribution >= 4 is 34.1 Å². The van der Waals surface area contributed by atoms with Crippen LogP contribution in [0.15, 0.2) is 12.1 Å². The van der Waals surface area contributed by atoms with Gasteiger partial charge in [0, 0.05) is 6.07 Å². The molecule has 0 radical (unpaired) electrons. The van der Waals surface area contributed by atoms with E-state index in [1.807, 2.05) is 0 Å². The zero-order valence-electron chi connectivity index (χ0n) is 8.02. The van der Waals surface area contributed by atoms with Crippen molar-refractivity contribution in [2.75, 3.05) is 7.11 Å². The molecule has 0 N–H and O–H groups in total. The van der Waals surface area contributed by atoms with Crippen LogP contribution < -0.4 is 4.74 Å². The second kappa shape index (κ2) is 4.03. The van der Waals surface area contributed by atoms with E-state index < -0.39 is 11.6 Å². The first-order valence-electron chi connectivity index (χ1n) is 4.22. The van der Waals surface area contributed by atoms with E-state index in [9.17, 15) is 8.78 Å². The summed E-state index contributed by atoms with van der Waals surface area (Å²) < 4.78 is 31.3. The molecule has 0 aliphatic rings. The van der Waals surface area contributed by atoms with Gasteiger partial charge >= 0.3 is 0 Å². The van der Waals surface area contributed by atoms with Gasteiger partial charge in [-0.05, 0) is 6.07 Å². The molecule has 0 atom stereocenters. The Morgan fingerprint density at radius 2 is 1.94 bits per heavy atom. The number of nitrogens with zero attached hydrogens (tertiary/aromatic N) is 1. The Morgan fingerprint density at radius 3 is 2.56 bits per heavy atom. The zero-order valence-corrected chi connectivity index (χ0v) is 9.53. The van der Waals surface area contributed by atoms with Gasteiger partial charge in [0.15, 0.2) is 11.6 Å². The first kappa shape index (κ1) is 11.4. The van der Waals surface area contributed by atoms with Crippen molar-refractivity contribution in [3.8, 4) is 5.75 Å². The molecule has 0 fully saturated rings. The summed E-state index contributed by atoms with van der Waals surface area (Å²) in [7, 11) is 1.22. The molecule has 0 bridgehead atoms. The average Bonchev–Trinajstić information content (AvgIpc) is 2.20. The molecule has 2 nitrogen and oxygen atoms in total. The first-order chi connectivity index (χ1) is 7.54. The maximum Gasteiger partial charge on any atom is 0.201 e. The molecule has 16 heavy (non-hydrogen) atoms. The van der Waals surface area contributed by atoms with Crippen LogP contribution >= 0.6 is 23.2 Å². The Morgan fingerprint density at radius 1 is 1.25 bits per heavy atom. The smallest absolute Gasteiger partial charge is 0.201 e. The van der Waals surface area contributed by atoms with Crippen molar-refractivity contribution in [2.45, 2.75) is 0 Å². The number of methoxy groups -OCH3 is 1. The Kier molecular flexibility index (Phi) is 2.86. The molecule has 0 saturated heterocycles. The van der Waals surface area contributed by atoms with Gasteiger partial charge in [-0.2, -0.15) is 4.39 Å². The number of hydrogen-bond acceptors (Lipinski definition) is 2. The summed E-state index contributed by atoms with van der Waals surface area (Å²) in [6, 6.07) is 2.26. The minimum absolute atomic E-state index is 0.102. The number of fused-ring (bicyclic) bond motifs is 1. The van der Waals surface area contributed by atoms with E-state index in [1.165, 1.54) is 13.2 Å². The molecule has 84 valence electrons. The molecule has 0 aliphatic carbocycles. The molecule has 0 amide bonds. The van der Waals surface area contributed by atoms with E-state index in [0.29, 0.717) is 0 Å². The topological polar surface area (TPSA) is 22.1 Å². The highest BCUT2D eigenvalue weighted by atomic mass is 35.5. The van der Waals surface area contributed by atoms with Crippen LogP contribution in [0.4, 0.5) is 8.78 Å². The lowest BCUT2D eigenvalue weighted by Crippen LogP contribution is -1.96. The highest BCUT2D eigenvalue weighted by molar-refractivity contribution is 6.38. The van der Waals surface area contributed by atoms with Gasteiger partial charge in [-0.3, -0.25) is 0 Å². The van der Waals surface area contributed by atoms with Crippen molar-refractivity contribution in [3.63, 3.8) is 0 Å². The molecule has 1 aromatic carbocycles. The fourth-order valence-electron chi connectivity index (χ4n) is 1.42. The van der Waals surface area contributed by atoms with E-state index in [1.54, 1.807) is 0 Å². The summed E-state index contributed by atoms with van der Waals surface area (Å²) in [4.78, 5) is 3.84. The van der Waals surface area contributed by atoms with E-state index in [4.69, 9.17) is 27.9 Å². The van der Waals surface area contributed by atoms with Crippen molar-refractivity contribution in [2.24, 2.45) is 0 Å².